The molecular formula is C23H30N2O3S. The lowest BCUT2D eigenvalue weighted by Crippen LogP contribution is -2.29. The summed E-state index contributed by atoms with van der Waals surface area (Å²) in [6.07, 6.45) is 7.15. The first-order valence-electron chi connectivity index (χ1n) is 10.2. The zero-order valence-corrected chi connectivity index (χ0v) is 18.0. The van der Waals surface area contributed by atoms with Crippen molar-refractivity contribution in [3.05, 3.63) is 48.0 Å². The molecule has 0 radical (unpaired) electrons. The van der Waals surface area contributed by atoms with Gasteiger partial charge in [0, 0.05) is 12.2 Å². The van der Waals surface area contributed by atoms with E-state index in [1.807, 2.05) is 36.4 Å². The molecule has 0 aromatic heterocycles. The summed E-state index contributed by atoms with van der Waals surface area (Å²) in [7, 11) is 3.30. The summed E-state index contributed by atoms with van der Waals surface area (Å²) in [4.78, 5) is 0. The molecule has 0 heterocycles. The van der Waals surface area contributed by atoms with Crippen LogP contribution in [0.25, 0.3) is 0 Å². The standard InChI is InChI=1S/C23H30N2O3S/c1-26-21-14-9-17(16-22(21)27-2)6-5-15-24-23(29)25-18-10-12-20(13-11-18)28-19-7-3-4-8-19/h9-14,16,19H,3-8,15H2,1-2H3,(H2,24,25,29). The Morgan fingerprint density at radius 2 is 1.72 bits per heavy atom. The molecule has 1 fully saturated rings. The molecule has 2 aromatic carbocycles. The van der Waals surface area contributed by atoms with E-state index in [-0.39, 0.29) is 0 Å². The third kappa shape index (κ3) is 6.53. The molecule has 0 saturated heterocycles. The van der Waals surface area contributed by atoms with Crippen LogP contribution in [-0.4, -0.2) is 32.0 Å². The van der Waals surface area contributed by atoms with Gasteiger partial charge in [-0.05, 0) is 92.7 Å². The SMILES string of the molecule is COc1ccc(CCCNC(=S)Nc2ccc(OC3CCCC3)cc2)cc1OC. The lowest BCUT2D eigenvalue weighted by atomic mass is 10.1. The Morgan fingerprint density at radius 1 is 1.00 bits per heavy atom. The molecule has 6 heteroatoms. The van der Waals surface area contributed by atoms with Crippen LogP contribution in [-0.2, 0) is 6.42 Å². The Kier molecular flexibility index (Phi) is 7.99. The molecule has 156 valence electrons. The second-order valence-electron chi connectivity index (χ2n) is 7.22. The van der Waals surface area contributed by atoms with E-state index in [1.165, 1.54) is 18.4 Å². The molecule has 1 aliphatic rings. The zero-order valence-electron chi connectivity index (χ0n) is 17.2. The number of hydrogen-bond donors (Lipinski definition) is 2. The number of ether oxygens (including phenoxy) is 3. The van der Waals surface area contributed by atoms with Gasteiger partial charge in [0.15, 0.2) is 16.6 Å². The van der Waals surface area contributed by atoms with E-state index in [0.717, 1.165) is 55.2 Å². The number of methoxy groups -OCH3 is 2. The van der Waals surface area contributed by atoms with Crippen molar-refractivity contribution in [3.63, 3.8) is 0 Å². The molecule has 2 N–H and O–H groups in total. The maximum absolute atomic E-state index is 5.99. The van der Waals surface area contributed by atoms with Crippen molar-refractivity contribution >= 4 is 23.0 Å². The van der Waals surface area contributed by atoms with Crippen LogP contribution in [0.2, 0.25) is 0 Å². The van der Waals surface area contributed by atoms with Crippen molar-refractivity contribution < 1.29 is 14.2 Å². The molecule has 0 spiro atoms. The molecule has 1 saturated carbocycles. The van der Waals surface area contributed by atoms with Crippen LogP contribution in [0, 0.1) is 0 Å². The minimum atomic E-state index is 0.377. The highest BCUT2D eigenvalue weighted by Gasteiger charge is 2.16. The molecule has 0 amide bonds. The Bertz CT molecular complexity index is 789. The minimum Gasteiger partial charge on any atom is -0.493 e. The summed E-state index contributed by atoms with van der Waals surface area (Å²) < 4.78 is 16.6. The lowest BCUT2D eigenvalue weighted by molar-refractivity contribution is 0.210. The van der Waals surface area contributed by atoms with Crippen molar-refractivity contribution in [2.24, 2.45) is 0 Å². The number of thiocarbonyl (C=S) groups is 1. The lowest BCUT2D eigenvalue weighted by Gasteiger charge is -2.14. The van der Waals surface area contributed by atoms with E-state index in [2.05, 4.69) is 16.7 Å². The van der Waals surface area contributed by atoms with Crippen molar-refractivity contribution in [3.8, 4) is 17.2 Å². The predicted molar refractivity (Wildman–Crippen MR) is 121 cm³/mol. The van der Waals surface area contributed by atoms with Gasteiger partial charge in [0.25, 0.3) is 0 Å². The first-order chi connectivity index (χ1) is 14.2. The summed E-state index contributed by atoms with van der Waals surface area (Å²) in [5, 5.41) is 7.11. The maximum Gasteiger partial charge on any atom is 0.170 e. The minimum absolute atomic E-state index is 0.377. The molecule has 1 aliphatic carbocycles. The third-order valence-electron chi connectivity index (χ3n) is 5.09. The number of rotatable bonds is 9. The number of benzene rings is 2. The number of aryl methyl sites for hydroxylation is 1. The fourth-order valence-corrected chi connectivity index (χ4v) is 3.74. The number of nitrogens with one attached hydrogen (secondary N) is 2. The third-order valence-corrected chi connectivity index (χ3v) is 5.34. The Labute approximate surface area is 178 Å². The van der Waals surface area contributed by atoms with Gasteiger partial charge in [-0.25, -0.2) is 0 Å². The van der Waals surface area contributed by atoms with Crippen LogP contribution >= 0.6 is 12.2 Å². The number of hydrogen-bond acceptors (Lipinski definition) is 4. The van der Waals surface area contributed by atoms with E-state index in [4.69, 9.17) is 26.4 Å². The first kappa shape index (κ1) is 21.2. The van der Waals surface area contributed by atoms with E-state index < -0.39 is 0 Å². The van der Waals surface area contributed by atoms with Gasteiger partial charge in [-0.1, -0.05) is 6.07 Å². The average Bonchev–Trinajstić information content (AvgIpc) is 3.25. The van der Waals surface area contributed by atoms with E-state index in [1.54, 1.807) is 14.2 Å². The summed E-state index contributed by atoms with van der Waals surface area (Å²) >= 11 is 5.40. The highest BCUT2D eigenvalue weighted by atomic mass is 32.1. The summed E-state index contributed by atoms with van der Waals surface area (Å²) in [5.74, 6) is 2.44. The monoisotopic (exact) mass is 414 g/mol. The van der Waals surface area contributed by atoms with Crippen molar-refractivity contribution in [2.45, 2.75) is 44.6 Å². The van der Waals surface area contributed by atoms with Gasteiger partial charge >= 0.3 is 0 Å². The molecule has 3 rings (SSSR count). The highest BCUT2D eigenvalue weighted by molar-refractivity contribution is 7.80. The average molecular weight is 415 g/mol. The van der Waals surface area contributed by atoms with Crippen molar-refractivity contribution in [2.75, 3.05) is 26.1 Å². The van der Waals surface area contributed by atoms with Crippen LogP contribution in [0.1, 0.15) is 37.7 Å². The molecule has 5 nitrogen and oxygen atoms in total. The van der Waals surface area contributed by atoms with Gasteiger partial charge in [-0.15, -0.1) is 0 Å². The summed E-state index contributed by atoms with van der Waals surface area (Å²) in [6.45, 7) is 0.795. The molecule has 2 aromatic rings. The van der Waals surface area contributed by atoms with Crippen molar-refractivity contribution in [1.82, 2.24) is 5.32 Å². The molecule has 0 aliphatic heterocycles. The van der Waals surface area contributed by atoms with Gasteiger partial charge in [0.05, 0.1) is 20.3 Å². The second kappa shape index (κ2) is 10.9. The summed E-state index contributed by atoms with van der Waals surface area (Å²) in [5.41, 5.74) is 2.17. The quantitative estimate of drug-likeness (QED) is 0.448. The normalized spacial score (nSPS) is 13.7. The van der Waals surface area contributed by atoms with Crippen LogP contribution in [0.4, 0.5) is 5.69 Å². The largest absolute Gasteiger partial charge is 0.493 e. The Hall–Kier alpha value is -2.47. The number of anilines is 1. The van der Waals surface area contributed by atoms with Crippen molar-refractivity contribution in [1.29, 1.82) is 0 Å². The molecule has 0 bridgehead atoms. The summed E-state index contributed by atoms with van der Waals surface area (Å²) in [6, 6.07) is 14.0. The zero-order chi connectivity index (χ0) is 20.5. The van der Waals surface area contributed by atoms with E-state index in [0.29, 0.717) is 11.2 Å². The van der Waals surface area contributed by atoms with Crippen LogP contribution < -0.4 is 24.8 Å². The first-order valence-corrected chi connectivity index (χ1v) is 10.6. The maximum atomic E-state index is 5.99. The van der Waals surface area contributed by atoms with Gasteiger partial charge in [-0.2, -0.15) is 0 Å². The topological polar surface area (TPSA) is 51.8 Å². The fraction of sp³-hybridized carbons (Fsp3) is 0.435. The smallest absolute Gasteiger partial charge is 0.170 e. The van der Waals surface area contributed by atoms with Gasteiger partial charge in [0.1, 0.15) is 5.75 Å². The van der Waals surface area contributed by atoms with Gasteiger partial charge in [-0.3, -0.25) is 0 Å². The molecule has 0 atom stereocenters. The Balaban J connectivity index is 1.37. The van der Waals surface area contributed by atoms with E-state index in [9.17, 15) is 0 Å². The van der Waals surface area contributed by atoms with Gasteiger partial charge < -0.3 is 24.8 Å². The highest BCUT2D eigenvalue weighted by Crippen LogP contribution is 2.28. The molecule has 29 heavy (non-hydrogen) atoms. The molecular weight excluding hydrogens is 384 g/mol. The molecule has 0 unspecified atom stereocenters. The van der Waals surface area contributed by atoms with Gasteiger partial charge in [0.2, 0.25) is 0 Å². The van der Waals surface area contributed by atoms with Crippen LogP contribution in [0.15, 0.2) is 42.5 Å². The van der Waals surface area contributed by atoms with Crippen LogP contribution in [0.5, 0.6) is 17.2 Å². The van der Waals surface area contributed by atoms with Crippen LogP contribution in [0.3, 0.4) is 0 Å². The Morgan fingerprint density at radius 3 is 2.41 bits per heavy atom. The predicted octanol–water partition coefficient (Wildman–Crippen LogP) is 4.94. The van der Waals surface area contributed by atoms with E-state index >= 15 is 0 Å². The fourth-order valence-electron chi connectivity index (χ4n) is 3.52. The second-order valence-corrected chi connectivity index (χ2v) is 7.63.